The summed E-state index contributed by atoms with van der Waals surface area (Å²) in [7, 11) is 0. The second kappa shape index (κ2) is 14.3. The molecule has 0 saturated heterocycles. The van der Waals surface area contributed by atoms with Gasteiger partial charge in [-0.05, 0) is 88.3 Å². The van der Waals surface area contributed by atoms with Gasteiger partial charge in [0, 0.05) is 15.5 Å². The van der Waals surface area contributed by atoms with E-state index in [4.69, 9.17) is 26.1 Å². The van der Waals surface area contributed by atoms with E-state index in [9.17, 15) is 9.59 Å². The van der Waals surface area contributed by atoms with Crippen LogP contribution in [0.15, 0.2) is 122 Å². The third kappa shape index (κ3) is 6.78. The zero-order valence-electron chi connectivity index (χ0n) is 24.9. The first-order valence-corrected chi connectivity index (χ1v) is 17.7. The van der Waals surface area contributed by atoms with Crippen molar-refractivity contribution < 1.29 is 14.3 Å². The molecule has 6 nitrogen and oxygen atoms in total. The van der Waals surface area contributed by atoms with Crippen LogP contribution in [0.25, 0.3) is 11.8 Å². The van der Waals surface area contributed by atoms with E-state index in [1.54, 1.807) is 23.3 Å². The number of hydrogen-bond donors (Lipinski definition) is 0. The van der Waals surface area contributed by atoms with Crippen molar-refractivity contribution in [2.24, 2.45) is 4.99 Å². The van der Waals surface area contributed by atoms with Crippen molar-refractivity contribution in [1.29, 1.82) is 0 Å². The Labute approximate surface area is 287 Å². The van der Waals surface area contributed by atoms with Crippen LogP contribution in [0, 0.1) is 0 Å². The van der Waals surface area contributed by atoms with Gasteiger partial charge in [0.1, 0.15) is 12.4 Å². The number of hydrogen-bond acceptors (Lipinski definition) is 7. The maximum atomic E-state index is 14.2. The van der Waals surface area contributed by atoms with E-state index < -0.39 is 12.0 Å². The topological polar surface area (TPSA) is 69.9 Å². The van der Waals surface area contributed by atoms with Gasteiger partial charge in [-0.1, -0.05) is 83.6 Å². The standard InChI is InChI=1S/C36H28BrClN2O4S2/c1-3-43-35(42)31-32(24-9-5-4-6-10-24)39-36-40(33(31)25-13-15-27(45-2)16-14-25)34(41)30(46-36)20-22-12-17-29(28(37)19-22)44-21-23-8-7-11-26(38)18-23/h4-20,33H,3,21H2,1-2H3/b30-20-/t33-/m0/s1. The zero-order valence-corrected chi connectivity index (χ0v) is 28.9. The van der Waals surface area contributed by atoms with E-state index in [2.05, 4.69) is 15.9 Å². The molecular formula is C36H28BrClN2O4S2. The van der Waals surface area contributed by atoms with Gasteiger partial charge in [-0.2, -0.15) is 0 Å². The van der Waals surface area contributed by atoms with Crippen LogP contribution < -0.4 is 19.6 Å². The van der Waals surface area contributed by atoms with Crippen LogP contribution in [0.5, 0.6) is 5.75 Å². The third-order valence-corrected chi connectivity index (χ3v) is 9.92. The van der Waals surface area contributed by atoms with Crippen molar-refractivity contribution >= 4 is 68.4 Å². The van der Waals surface area contributed by atoms with E-state index in [-0.39, 0.29) is 12.2 Å². The Bertz CT molecular complexity index is 2130. The number of rotatable bonds is 9. The van der Waals surface area contributed by atoms with Crippen molar-refractivity contribution in [2.75, 3.05) is 12.9 Å². The van der Waals surface area contributed by atoms with Gasteiger partial charge in [0.25, 0.3) is 5.56 Å². The highest BCUT2D eigenvalue weighted by Crippen LogP contribution is 2.36. The molecule has 1 aromatic heterocycles. The smallest absolute Gasteiger partial charge is 0.338 e. The lowest BCUT2D eigenvalue weighted by molar-refractivity contribution is -0.138. The SMILES string of the molecule is CCOC(=O)C1=C(c2ccccc2)N=c2s/c(=C\c3ccc(OCc4cccc(Cl)c4)c(Br)c3)c(=O)n2[C@H]1c1ccc(SC)cc1. The van der Waals surface area contributed by atoms with Crippen molar-refractivity contribution in [3.63, 3.8) is 0 Å². The quantitative estimate of drug-likeness (QED) is 0.115. The fourth-order valence-electron chi connectivity index (χ4n) is 5.21. The average molecular weight is 732 g/mol. The number of esters is 1. The first-order chi connectivity index (χ1) is 22.4. The number of halogens is 2. The van der Waals surface area contributed by atoms with E-state index in [0.29, 0.717) is 38.0 Å². The van der Waals surface area contributed by atoms with Crippen LogP contribution in [-0.4, -0.2) is 23.4 Å². The number of carbonyl (C=O) groups is 1. The molecule has 46 heavy (non-hydrogen) atoms. The van der Waals surface area contributed by atoms with Gasteiger partial charge in [0.2, 0.25) is 0 Å². The summed E-state index contributed by atoms with van der Waals surface area (Å²) < 4.78 is 14.4. The molecule has 1 atom stereocenters. The van der Waals surface area contributed by atoms with Gasteiger partial charge < -0.3 is 9.47 Å². The van der Waals surface area contributed by atoms with E-state index in [1.807, 2.05) is 109 Å². The number of aromatic nitrogens is 1. The molecule has 0 fully saturated rings. The maximum Gasteiger partial charge on any atom is 0.338 e. The molecule has 5 aromatic rings. The summed E-state index contributed by atoms with van der Waals surface area (Å²) in [5, 5.41) is 0.654. The molecule has 0 saturated carbocycles. The second-order valence-electron chi connectivity index (χ2n) is 10.3. The Kier molecular flexibility index (Phi) is 9.94. The number of carbonyl (C=O) groups excluding carboxylic acids is 1. The highest BCUT2D eigenvalue weighted by atomic mass is 79.9. The third-order valence-electron chi connectivity index (χ3n) is 7.34. The predicted octanol–water partition coefficient (Wildman–Crippen LogP) is 7.65. The Morgan fingerprint density at radius 1 is 1.04 bits per heavy atom. The van der Waals surface area contributed by atoms with Crippen LogP contribution in [0.1, 0.15) is 35.2 Å². The number of thioether (sulfide) groups is 1. The minimum atomic E-state index is -0.724. The van der Waals surface area contributed by atoms with Crippen molar-refractivity contribution in [3.8, 4) is 5.75 Å². The summed E-state index contributed by atoms with van der Waals surface area (Å²) in [6.07, 6.45) is 3.84. The minimum absolute atomic E-state index is 0.195. The summed E-state index contributed by atoms with van der Waals surface area (Å²) in [5.74, 6) is 0.162. The summed E-state index contributed by atoms with van der Waals surface area (Å²) >= 11 is 12.6. The van der Waals surface area contributed by atoms with Gasteiger partial charge in [0.15, 0.2) is 4.80 Å². The molecule has 1 aliphatic heterocycles. The summed E-state index contributed by atoms with van der Waals surface area (Å²) in [6, 6.07) is 29.9. The number of benzene rings is 4. The van der Waals surface area contributed by atoms with Crippen LogP contribution in [0.3, 0.4) is 0 Å². The normalized spacial score (nSPS) is 14.5. The minimum Gasteiger partial charge on any atom is -0.488 e. The van der Waals surface area contributed by atoms with Crippen LogP contribution >= 0.6 is 50.6 Å². The molecule has 0 unspecified atom stereocenters. The van der Waals surface area contributed by atoms with Crippen molar-refractivity contribution in [3.05, 3.63) is 154 Å². The van der Waals surface area contributed by atoms with Gasteiger partial charge in [0.05, 0.1) is 32.9 Å². The molecule has 0 aliphatic carbocycles. The molecular weight excluding hydrogens is 704 g/mol. The highest BCUT2D eigenvalue weighted by Gasteiger charge is 2.35. The molecule has 4 aromatic carbocycles. The molecule has 6 rings (SSSR count). The van der Waals surface area contributed by atoms with Gasteiger partial charge >= 0.3 is 5.97 Å². The molecule has 10 heteroatoms. The lowest BCUT2D eigenvalue weighted by Gasteiger charge is -2.26. The number of fused-ring (bicyclic) bond motifs is 1. The second-order valence-corrected chi connectivity index (χ2v) is 13.5. The van der Waals surface area contributed by atoms with Crippen molar-refractivity contribution in [2.45, 2.75) is 24.5 Å². The molecule has 0 bridgehead atoms. The molecule has 2 heterocycles. The molecule has 0 amide bonds. The Balaban J connectivity index is 1.45. The molecule has 232 valence electrons. The molecule has 0 spiro atoms. The van der Waals surface area contributed by atoms with Crippen LogP contribution in [0.4, 0.5) is 0 Å². The van der Waals surface area contributed by atoms with E-state index in [0.717, 1.165) is 31.6 Å². The first kappa shape index (κ1) is 32.1. The summed E-state index contributed by atoms with van der Waals surface area (Å²) in [6.45, 7) is 2.33. The fourth-order valence-corrected chi connectivity index (χ4v) is 7.34. The van der Waals surface area contributed by atoms with Gasteiger partial charge in [-0.3, -0.25) is 9.36 Å². The van der Waals surface area contributed by atoms with E-state index >= 15 is 0 Å². The van der Waals surface area contributed by atoms with Crippen LogP contribution in [-0.2, 0) is 16.1 Å². The summed E-state index contributed by atoms with van der Waals surface area (Å²) in [5.41, 5.74) is 3.91. The number of thiazole rings is 1. The zero-order chi connectivity index (χ0) is 32.2. The monoisotopic (exact) mass is 730 g/mol. The van der Waals surface area contributed by atoms with Crippen LogP contribution in [0.2, 0.25) is 5.02 Å². The van der Waals surface area contributed by atoms with Crippen molar-refractivity contribution in [1.82, 2.24) is 4.57 Å². The largest absolute Gasteiger partial charge is 0.488 e. The van der Waals surface area contributed by atoms with Gasteiger partial charge in [-0.15, -0.1) is 11.8 Å². The Morgan fingerprint density at radius 2 is 1.83 bits per heavy atom. The summed E-state index contributed by atoms with van der Waals surface area (Å²) in [4.78, 5) is 34.3. The Morgan fingerprint density at radius 3 is 2.52 bits per heavy atom. The predicted molar refractivity (Wildman–Crippen MR) is 189 cm³/mol. The van der Waals surface area contributed by atoms with E-state index in [1.165, 1.54) is 11.3 Å². The number of nitrogens with zero attached hydrogens (tertiary/aromatic N) is 2. The fraction of sp³-hybridized carbons (Fsp3) is 0.139. The lowest BCUT2D eigenvalue weighted by Crippen LogP contribution is -2.40. The first-order valence-electron chi connectivity index (χ1n) is 14.5. The molecule has 0 radical (unpaired) electrons. The van der Waals surface area contributed by atoms with Gasteiger partial charge in [-0.25, -0.2) is 9.79 Å². The average Bonchev–Trinajstić information content (AvgIpc) is 3.38. The highest BCUT2D eigenvalue weighted by molar-refractivity contribution is 9.10. The Hall–Kier alpha value is -3.89. The molecule has 1 aliphatic rings. The number of ether oxygens (including phenoxy) is 2. The lowest BCUT2D eigenvalue weighted by atomic mass is 9.93. The maximum absolute atomic E-state index is 14.2. The molecule has 0 N–H and O–H groups in total.